The molecule has 0 atom stereocenters. The zero-order valence-corrected chi connectivity index (χ0v) is 11.6. The molecule has 0 aliphatic rings. The lowest BCUT2D eigenvalue weighted by atomic mass is 9.93. The first-order valence-electron chi connectivity index (χ1n) is 6.44. The van der Waals surface area contributed by atoms with Gasteiger partial charge >= 0.3 is 5.97 Å². The molecule has 0 N–H and O–H groups in total. The van der Waals surface area contributed by atoms with Crippen LogP contribution in [-0.2, 0) is 11.2 Å². The van der Waals surface area contributed by atoms with Crippen molar-refractivity contribution in [3.8, 4) is 11.1 Å². The molecule has 0 bridgehead atoms. The maximum atomic E-state index is 11.9. The van der Waals surface area contributed by atoms with Gasteiger partial charge < -0.3 is 4.74 Å². The number of benzene rings is 2. The molecule has 0 saturated heterocycles. The third kappa shape index (κ3) is 2.68. The molecular weight excluding hydrogens is 236 g/mol. The van der Waals surface area contributed by atoms with Gasteiger partial charge in [0.25, 0.3) is 0 Å². The van der Waals surface area contributed by atoms with Crippen LogP contribution in [0, 0.1) is 6.92 Å². The second kappa shape index (κ2) is 5.70. The second-order valence-corrected chi connectivity index (χ2v) is 4.54. The summed E-state index contributed by atoms with van der Waals surface area (Å²) in [4.78, 5) is 11.9. The molecule has 0 fully saturated rings. The van der Waals surface area contributed by atoms with Gasteiger partial charge in [-0.25, -0.2) is 4.79 Å². The molecule has 98 valence electrons. The molecule has 0 aliphatic heterocycles. The largest absolute Gasteiger partial charge is 0.465 e. The Bertz CT molecular complexity index is 600. The van der Waals surface area contributed by atoms with E-state index in [1.54, 1.807) is 0 Å². The number of carbonyl (C=O) groups is 1. The van der Waals surface area contributed by atoms with E-state index >= 15 is 0 Å². The first-order valence-corrected chi connectivity index (χ1v) is 6.44. The van der Waals surface area contributed by atoms with Crippen molar-refractivity contribution in [2.75, 3.05) is 7.11 Å². The summed E-state index contributed by atoms with van der Waals surface area (Å²) in [7, 11) is 1.41. The number of carbonyl (C=O) groups excluding carboxylic acids is 1. The zero-order valence-electron chi connectivity index (χ0n) is 11.6. The minimum atomic E-state index is -0.291. The maximum Gasteiger partial charge on any atom is 0.338 e. The Morgan fingerprint density at radius 1 is 1.11 bits per heavy atom. The summed E-state index contributed by atoms with van der Waals surface area (Å²) < 4.78 is 4.87. The molecule has 0 spiro atoms. The molecule has 19 heavy (non-hydrogen) atoms. The molecule has 0 radical (unpaired) electrons. The van der Waals surface area contributed by atoms with Crippen molar-refractivity contribution in [1.82, 2.24) is 0 Å². The standard InChI is InChI=1S/C17H18O2/c1-4-13-9-10-15(17(18)19-3)16(11-13)14-8-6-5-7-12(14)2/h5-11H,4H2,1-3H3. The van der Waals surface area contributed by atoms with Crippen LogP contribution in [0.2, 0.25) is 0 Å². The Morgan fingerprint density at radius 3 is 2.47 bits per heavy atom. The van der Waals surface area contributed by atoms with Gasteiger partial charge in [0.05, 0.1) is 12.7 Å². The van der Waals surface area contributed by atoms with E-state index in [1.807, 2.05) is 30.3 Å². The highest BCUT2D eigenvalue weighted by Crippen LogP contribution is 2.28. The average Bonchev–Trinajstić information content (AvgIpc) is 2.46. The van der Waals surface area contributed by atoms with Gasteiger partial charge in [-0.05, 0) is 41.7 Å². The van der Waals surface area contributed by atoms with Crippen molar-refractivity contribution in [2.24, 2.45) is 0 Å². The van der Waals surface area contributed by atoms with Gasteiger partial charge in [-0.2, -0.15) is 0 Å². The molecule has 2 aromatic rings. The highest BCUT2D eigenvalue weighted by molar-refractivity contribution is 5.97. The first-order chi connectivity index (χ1) is 9.17. The summed E-state index contributed by atoms with van der Waals surface area (Å²) >= 11 is 0. The quantitative estimate of drug-likeness (QED) is 0.773. The highest BCUT2D eigenvalue weighted by Gasteiger charge is 2.14. The number of esters is 1. The number of hydrogen-bond acceptors (Lipinski definition) is 2. The fraction of sp³-hybridized carbons (Fsp3) is 0.235. The van der Waals surface area contributed by atoms with E-state index in [1.165, 1.54) is 12.7 Å². The van der Waals surface area contributed by atoms with E-state index < -0.39 is 0 Å². The number of hydrogen-bond donors (Lipinski definition) is 0. The summed E-state index contributed by atoms with van der Waals surface area (Å²) in [6, 6.07) is 14.0. The molecule has 0 aromatic heterocycles. The van der Waals surface area contributed by atoms with E-state index in [9.17, 15) is 4.79 Å². The van der Waals surface area contributed by atoms with Crippen molar-refractivity contribution in [3.05, 3.63) is 59.2 Å². The molecule has 0 saturated carbocycles. The summed E-state index contributed by atoms with van der Waals surface area (Å²) in [6.45, 7) is 4.16. The molecule has 0 amide bonds. The Labute approximate surface area is 114 Å². The Kier molecular flexibility index (Phi) is 4.00. The fourth-order valence-electron chi connectivity index (χ4n) is 2.20. The van der Waals surface area contributed by atoms with Crippen LogP contribution in [0.1, 0.15) is 28.4 Å². The normalized spacial score (nSPS) is 10.3. The third-order valence-electron chi connectivity index (χ3n) is 3.33. The van der Waals surface area contributed by atoms with Crippen LogP contribution in [0.5, 0.6) is 0 Å². The summed E-state index contributed by atoms with van der Waals surface area (Å²) in [5.74, 6) is -0.291. The van der Waals surface area contributed by atoms with Crippen LogP contribution in [0.25, 0.3) is 11.1 Å². The van der Waals surface area contributed by atoms with Crippen molar-refractivity contribution in [2.45, 2.75) is 20.3 Å². The summed E-state index contributed by atoms with van der Waals surface area (Å²) in [5.41, 5.74) is 5.02. The minimum absolute atomic E-state index is 0.291. The van der Waals surface area contributed by atoms with Crippen LogP contribution in [0.3, 0.4) is 0 Å². The van der Waals surface area contributed by atoms with Gasteiger partial charge in [0, 0.05) is 0 Å². The number of methoxy groups -OCH3 is 1. The molecule has 0 aliphatic carbocycles. The van der Waals surface area contributed by atoms with E-state index in [4.69, 9.17) is 4.74 Å². The minimum Gasteiger partial charge on any atom is -0.465 e. The van der Waals surface area contributed by atoms with Gasteiger partial charge in [0.15, 0.2) is 0 Å². The fourth-order valence-corrected chi connectivity index (χ4v) is 2.20. The lowest BCUT2D eigenvalue weighted by molar-refractivity contribution is 0.0601. The smallest absolute Gasteiger partial charge is 0.338 e. The SMILES string of the molecule is CCc1ccc(C(=O)OC)c(-c2ccccc2C)c1. The van der Waals surface area contributed by atoms with E-state index in [0.29, 0.717) is 5.56 Å². The van der Waals surface area contributed by atoms with Crippen LogP contribution in [-0.4, -0.2) is 13.1 Å². The molecule has 2 nitrogen and oxygen atoms in total. The third-order valence-corrected chi connectivity index (χ3v) is 3.33. The molecular formula is C17H18O2. The highest BCUT2D eigenvalue weighted by atomic mass is 16.5. The molecule has 2 rings (SSSR count). The second-order valence-electron chi connectivity index (χ2n) is 4.54. The predicted octanol–water partition coefficient (Wildman–Crippen LogP) is 4.01. The number of aryl methyl sites for hydroxylation is 2. The van der Waals surface area contributed by atoms with Crippen molar-refractivity contribution >= 4 is 5.97 Å². The molecule has 0 heterocycles. The Morgan fingerprint density at radius 2 is 1.84 bits per heavy atom. The molecule has 2 heteroatoms. The maximum absolute atomic E-state index is 11.9. The predicted molar refractivity (Wildman–Crippen MR) is 77.3 cm³/mol. The lowest BCUT2D eigenvalue weighted by Gasteiger charge is -2.12. The Balaban J connectivity index is 2.65. The van der Waals surface area contributed by atoms with Gasteiger partial charge in [-0.15, -0.1) is 0 Å². The molecule has 2 aromatic carbocycles. The van der Waals surface area contributed by atoms with Crippen molar-refractivity contribution < 1.29 is 9.53 Å². The van der Waals surface area contributed by atoms with Gasteiger partial charge in [-0.3, -0.25) is 0 Å². The van der Waals surface area contributed by atoms with Crippen LogP contribution < -0.4 is 0 Å². The first kappa shape index (κ1) is 13.3. The monoisotopic (exact) mass is 254 g/mol. The topological polar surface area (TPSA) is 26.3 Å². The van der Waals surface area contributed by atoms with Gasteiger partial charge in [-0.1, -0.05) is 43.3 Å². The number of ether oxygens (including phenoxy) is 1. The van der Waals surface area contributed by atoms with Crippen LogP contribution in [0.4, 0.5) is 0 Å². The van der Waals surface area contributed by atoms with E-state index in [0.717, 1.165) is 23.1 Å². The molecule has 0 unspecified atom stereocenters. The number of rotatable bonds is 3. The van der Waals surface area contributed by atoms with Crippen LogP contribution >= 0.6 is 0 Å². The van der Waals surface area contributed by atoms with Gasteiger partial charge in [0.2, 0.25) is 0 Å². The van der Waals surface area contributed by atoms with E-state index in [2.05, 4.69) is 26.0 Å². The van der Waals surface area contributed by atoms with Crippen molar-refractivity contribution in [1.29, 1.82) is 0 Å². The Hall–Kier alpha value is -2.09. The van der Waals surface area contributed by atoms with Gasteiger partial charge in [0.1, 0.15) is 0 Å². The summed E-state index contributed by atoms with van der Waals surface area (Å²) in [5, 5.41) is 0. The summed E-state index contributed by atoms with van der Waals surface area (Å²) in [6.07, 6.45) is 0.945. The average molecular weight is 254 g/mol. The van der Waals surface area contributed by atoms with E-state index in [-0.39, 0.29) is 5.97 Å². The zero-order chi connectivity index (χ0) is 13.8. The lowest BCUT2D eigenvalue weighted by Crippen LogP contribution is -2.04. The van der Waals surface area contributed by atoms with Crippen molar-refractivity contribution in [3.63, 3.8) is 0 Å². The van der Waals surface area contributed by atoms with Crippen LogP contribution in [0.15, 0.2) is 42.5 Å².